The van der Waals surface area contributed by atoms with Gasteiger partial charge in [0.25, 0.3) is 0 Å². The van der Waals surface area contributed by atoms with Crippen molar-refractivity contribution in [3.63, 3.8) is 0 Å². The van der Waals surface area contributed by atoms with Crippen molar-refractivity contribution in [1.82, 2.24) is 0 Å². The van der Waals surface area contributed by atoms with E-state index in [2.05, 4.69) is 12.1 Å². The predicted molar refractivity (Wildman–Crippen MR) is 102 cm³/mol. The van der Waals surface area contributed by atoms with E-state index in [1.165, 1.54) is 0 Å². The van der Waals surface area contributed by atoms with Crippen LogP contribution in [0, 0.1) is 0 Å². The molecule has 0 unspecified atom stereocenters. The molecule has 0 fully saturated rings. The summed E-state index contributed by atoms with van der Waals surface area (Å²) in [6, 6.07) is 16.1. The summed E-state index contributed by atoms with van der Waals surface area (Å²) in [5.74, 6) is 1.14. The Balaban J connectivity index is 0.00000100. The lowest BCUT2D eigenvalue weighted by atomic mass is 10.2. The van der Waals surface area contributed by atoms with Gasteiger partial charge in [-0.05, 0) is 30.3 Å². The van der Waals surface area contributed by atoms with Crippen LogP contribution in [0.25, 0.3) is 0 Å². The second-order valence-corrected chi connectivity index (χ2v) is 6.40. The van der Waals surface area contributed by atoms with E-state index in [4.69, 9.17) is 16.3 Å². The number of fused-ring (bicyclic) bond motifs is 1. The number of benzene rings is 2. The van der Waals surface area contributed by atoms with E-state index >= 15 is 0 Å². The van der Waals surface area contributed by atoms with Gasteiger partial charge in [0, 0.05) is 22.1 Å². The molecule has 2 aromatic rings. The van der Waals surface area contributed by atoms with Crippen molar-refractivity contribution in [3.8, 4) is 5.75 Å². The number of anilines is 1. The first kappa shape index (κ1) is 18.7. The van der Waals surface area contributed by atoms with E-state index in [0.29, 0.717) is 25.5 Å². The highest BCUT2D eigenvalue weighted by Crippen LogP contribution is 2.37. The maximum Gasteiger partial charge on any atom is 0.228 e. The lowest BCUT2D eigenvalue weighted by molar-refractivity contribution is -0.118. The quantitative estimate of drug-likeness (QED) is 0.697. The van der Waals surface area contributed by atoms with Crippen molar-refractivity contribution in [3.05, 3.63) is 48.5 Å². The number of carbonyl (C=O) groups is 1. The second kappa shape index (κ2) is 9.60. The van der Waals surface area contributed by atoms with Crippen molar-refractivity contribution >= 4 is 35.0 Å². The van der Waals surface area contributed by atoms with Gasteiger partial charge in [-0.3, -0.25) is 4.79 Å². The minimum Gasteiger partial charge on any atom is -0.490 e. The fourth-order valence-electron chi connectivity index (χ4n) is 2.36. The Morgan fingerprint density at radius 1 is 1.17 bits per heavy atom. The van der Waals surface area contributed by atoms with Crippen LogP contribution in [0.15, 0.2) is 58.3 Å². The van der Waals surface area contributed by atoms with Crippen LogP contribution in [0.4, 0.5) is 5.69 Å². The molecule has 5 heteroatoms. The maximum atomic E-state index is 12.2. The van der Waals surface area contributed by atoms with Gasteiger partial charge in [0.15, 0.2) is 0 Å². The van der Waals surface area contributed by atoms with E-state index in [-0.39, 0.29) is 5.91 Å². The zero-order valence-electron chi connectivity index (χ0n) is 14.0. The third-order valence-corrected chi connectivity index (χ3v) is 4.57. The number of amides is 1. The number of carbonyl (C=O) groups excluding carboxylic acids is 1. The molecule has 1 aliphatic rings. The van der Waals surface area contributed by atoms with Crippen molar-refractivity contribution in [2.75, 3.05) is 23.9 Å². The molecule has 0 saturated heterocycles. The molecule has 0 spiro atoms. The summed E-state index contributed by atoms with van der Waals surface area (Å²) in [4.78, 5) is 16.2. The third kappa shape index (κ3) is 4.68. The summed E-state index contributed by atoms with van der Waals surface area (Å²) in [6.45, 7) is 5.09. The molecule has 0 aromatic heterocycles. The van der Waals surface area contributed by atoms with E-state index in [9.17, 15) is 4.79 Å². The molecule has 0 saturated carbocycles. The van der Waals surface area contributed by atoms with Crippen LogP contribution in [0.5, 0.6) is 5.75 Å². The monoisotopic (exact) mass is 363 g/mol. The van der Waals surface area contributed by atoms with E-state index in [0.717, 1.165) is 21.2 Å². The van der Waals surface area contributed by atoms with Gasteiger partial charge in [0.05, 0.1) is 12.2 Å². The van der Waals surface area contributed by atoms with E-state index in [1.54, 1.807) is 16.7 Å². The molecular weight excluding hydrogens is 342 g/mol. The van der Waals surface area contributed by atoms with Crippen LogP contribution in [-0.4, -0.2) is 24.9 Å². The highest BCUT2D eigenvalue weighted by Gasteiger charge is 2.23. The molecular formula is C19H22ClNO2S. The van der Waals surface area contributed by atoms with Crippen LogP contribution >= 0.6 is 23.4 Å². The summed E-state index contributed by atoms with van der Waals surface area (Å²) in [7, 11) is 0. The Kier molecular flexibility index (Phi) is 7.47. The lowest BCUT2D eigenvalue weighted by Gasteiger charge is -2.29. The number of halogens is 1. The van der Waals surface area contributed by atoms with Crippen LogP contribution in [-0.2, 0) is 4.79 Å². The molecule has 0 radical (unpaired) electrons. The van der Waals surface area contributed by atoms with Gasteiger partial charge in [0.2, 0.25) is 5.91 Å². The summed E-state index contributed by atoms with van der Waals surface area (Å²) in [5, 5.41) is 0. The Labute approximate surface area is 153 Å². The van der Waals surface area contributed by atoms with E-state index < -0.39 is 0 Å². The number of ether oxygens (including phenoxy) is 1. The number of nitrogens with zero attached hydrogens (tertiary/aromatic N) is 1. The predicted octanol–water partition coefficient (Wildman–Crippen LogP) is 5.22. The van der Waals surface area contributed by atoms with Crippen LogP contribution in [0.3, 0.4) is 0 Å². The molecule has 3 rings (SSSR count). The molecule has 0 atom stereocenters. The maximum absolute atomic E-state index is 12.2. The van der Waals surface area contributed by atoms with Gasteiger partial charge in [-0.1, -0.05) is 43.8 Å². The molecule has 3 nitrogen and oxygen atoms in total. The normalized spacial score (nSPS) is 12.5. The number of hydrogen-bond acceptors (Lipinski definition) is 3. The average Bonchev–Trinajstić information content (AvgIpc) is 2.64. The zero-order valence-corrected chi connectivity index (χ0v) is 15.6. The number of hydrogen-bond donors (Lipinski definition) is 0. The first-order valence-corrected chi connectivity index (χ1v) is 9.49. The van der Waals surface area contributed by atoms with E-state index in [1.807, 2.05) is 50.2 Å². The smallest absolute Gasteiger partial charge is 0.228 e. The first-order chi connectivity index (χ1) is 11.8. The summed E-state index contributed by atoms with van der Waals surface area (Å²) in [6.07, 6.45) is 0.344. The lowest BCUT2D eigenvalue weighted by Crippen LogP contribution is -2.38. The van der Waals surface area contributed by atoms with Gasteiger partial charge in [0.1, 0.15) is 12.4 Å². The Hall–Kier alpha value is -1.65. The molecule has 0 bridgehead atoms. The Morgan fingerprint density at radius 3 is 2.62 bits per heavy atom. The Bertz CT molecular complexity index is 664. The highest BCUT2D eigenvalue weighted by atomic mass is 35.5. The molecule has 1 amide bonds. The first-order valence-electron chi connectivity index (χ1n) is 8.14. The van der Waals surface area contributed by atoms with Gasteiger partial charge < -0.3 is 9.64 Å². The summed E-state index contributed by atoms with van der Waals surface area (Å²) < 4.78 is 5.65. The molecule has 0 N–H and O–H groups in total. The SMILES string of the molecule is CC.O=C(CCCl)N1CCOc2ccc(Sc3ccccc3)cc21. The van der Waals surface area contributed by atoms with Crippen molar-refractivity contribution in [1.29, 1.82) is 0 Å². The molecule has 1 heterocycles. The van der Waals surface area contributed by atoms with Crippen LogP contribution in [0.1, 0.15) is 20.3 Å². The molecule has 2 aromatic carbocycles. The van der Waals surface area contributed by atoms with Gasteiger partial charge >= 0.3 is 0 Å². The van der Waals surface area contributed by atoms with Gasteiger partial charge in [-0.25, -0.2) is 0 Å². The van der Waals surface area contributed by atoms with Crippen LogP contribution in [0.2, 0.25) is 0 Å². The van der Waals surface area contributed by atoms with Crippen molar-refractivity contribution in [2.24, 2.45) is 0 Å². The van der Waals surface area contributed by atoms with Gasteiger partial charge in [-0.15, -0.1) is 11.6 Å². The average molecular weight is 364 g/mol. The molecule has 1 aliphatic heterocycles. The summed E-state index contributed by atoms with van der Waals surface area (Å²) >= 11 is 7.37. The molecule has 0 aliphatic carbocycles. The van der Waals surface area contributed by atoms with Crippen molar-refractivity contribution < 1.29 is 9.53 Å². The standard InChI is InChI=1S/C17H16ClNO2S.C2H6/c18-9-8-17(20)19-10-11-21-16-7-6-14(12-15(16)19)22-13-4-2-1-3-5-13;1-2/h1-7,12H,8-11H2;1-2H3. The topological polar surface area (TPSA) is 29.5 Å². The fourth-order valence-corrected chi connectivity index (χ4v) is 3.39. The highest BCUT2D eigenvalue weighted by molar-refractivity contribution is 7.99. The molecule has 128 valence electrons. The third-order valence-electron chi connectivity index (χ3n) is 3.38. The number of alkyl halides is 1. The minimum atomic E-state index is 0.0430. The molecule has 24 heavy (non-hydrogen) atoms. The Morgan fingerprint density at radius 2 is 1.92 bits per heavy atom. The fraction of sp³-hybridized carbons (Fsp3) is 0.316. The summed E-state index contributed by atoms with van der Waals surface area (Å²) in [5.41, 5.74) is 0.835. The number of rotatable bonds is 4. The van der Waals surface area contributed by atoms with Gasteiger partial charge in [-0.2, -0.15) is 0 Å². The van der Waals surface area contributed by atoms with Crippen LogP contribution < -0.4 is 9.64 Å². The second-order valence-electron chi connectivity index (χ2n) is 4.88. The largest absolute Gasteiger partial charge is 0.490 e. The minimum absolute atomic E-state index is 0.0430. The zero-order chi connectivity index (χ0) is 17.4. The van der Waals surface area contributed by atoms with Crippen molar-refractivity contribution in [2.45, 2.75) is 30.1 Å².